The lowest BCUT2D eigenvalue weighted by atomic mass is 10.2. The van der Waals surface area contributed by atoms with Crippen LogP contribution in [0.1, 0.15) is 5.56 Å². The number of benzene rings is 1. The van der Waals surface area contributed by atoms with E-state index in [1.807, 2.05) is 0 Å². The van der Waals surface area contributed by atoms with Gasteiger partial charge in [0.1, 0.15) is 5.75 Å². The Balaban J connectivity index is 3.45. The summed E-state index contributed by atoms with van der Waals surface area (Å²) in [5, 5.41) is 0. The molecule has 0 aromatic heterocycles. The highest BCUT2D eigenvalue weighted by Crippen LogP contribution is 2.24. The van der Waals surface area contributed by atoms with Crippen LogP contribution in [0.5, 0.6) is 0 Å². The van der Waals surface area contributed by atoms with Crippen molar-refractivity contribution in [2.75, 3.05) is 7.11 Å². The number of rotatable bonds is 3. The Morgan fingerprint density at radius 2 is 1.24 bits per heavy atom. The van der Waals surface area contributed by atoms with Crippen LogP contribution in [0.3, 0.4) is 0 Å². The molecule has 0 aliphatic rings. The van der Waals surface area contributed by atoms with Crippen LogP contribution in [0, 0.1) is 29.1 Å². The van der Waals surface area contributed by atoms with Crippen LogP contribution in [0.2, 0.25) is 0 Å². The summed E-state index contributed by atoms with van der Waals surface area (Å²) < 4.78 is 89.7. The van der Waals surface area contributed by atoms with Crippen molar-refractivity contribution < 1.29 is 34.6 Å². The minimum absolute atomic E-state index is 0.696. The third-order valence-corrected chi connectivity index (χ3v) is 3.03. The van der Waals surface area contributed by atoms with Gasteiger partial charge in [0.15, 0.2) is 23.3 Å². The van der Waals surface area contributed by atoms with Gasteiger partial charge in [0, 0.05) is 5.56 Å². The molecule has 1 aromatic carbocycles. The molecule has 17 heavy (non-hydrogen) atoms. The topological polar surface area (TPSA) is 43.4 Å². The van der Waals surface area contributed by atoms with Gasteiger partial charge in [-0.25, -0.2) is 22.0 Å². The third-order valence-electron chi connectivity index (χ3n) is 1.88. The van der Waals surface area contributed by atoms with E-state index in [2.05, 4.69) is 4.18 Å². The van der Waals surface area contributed by atoms with Crippen LogP contribution in [-0.2, 0) is 20.1 Å². The summed E-state index contributed by atoms with van der Waals surface area (Å²) >= 11 is 0. The Labute approximate surface area is 92.9 Å². The number of halogens is 5. The molecule has 0 aliphatic heterocycles. The summed E-state index contributed by atoms with van der Waals surface area (Å²) in [6.45, 7) is 0. The highest BCUT2D eigenvalue weighted by atomic mass is 32.2. The summed E-state index contributed by atoms with van der Waals surface area (Å²) in [6.07, 6.45) is 0. The van der Waals surface area contributed by atoms with Gasteiger partial charge < -0.3 is 0 Å². The molecule has 0 spiro atoms. The second-order valence-corrected chi connectivity index (χ2v) is 4.65. The molecule has 9 heteroatoms. The molecule has 0 saturated carbocycles. The molecule has 0 aliphatic carbocycles. The molecular formula is C8H5F5O3S. The Morgan fingerprint density at radius 1 is 0.882 bits per heavy atom. The van der Waals surface area contributed by atoms with Crippen molar-refractivity contribution >= 4 is 10.1 Å². The molecule has 0 unspecified atom stereocenters. The van der Waals surface area contributed by atoms with Crippen molar-refractivity contribution in [3.63, 3.8) is 0 Å². The van der Waals surface area contributed by atoms with Crippen molar-refractivity contribution in [2.24, 2.45) is 0 Å². The lowest BCUT2D eigenvalue weighted by Crippen LogP contribution is -2.13. The third kappa shape index (κ3) is 2.55. The second-order valence-electron chi connectivity index (χ2n) is 2.92. The molecule has 96 valence electrons. The first kappa shape index (κ1) is 13.8. The van der Waals surface area contributed by atoms with E-state index in [1.165, 1.54) is 0 Å². The molecule has 3 nitrogen and oxygen atoms in total. The van der Waals surface area contributed by atoms with E-state index in [1.54, 1.807) is 0 Å². The van der Waals surface area contributed by atoms with Crippen LogP contribution in [0.4, 0.5) is 22.0 Å². The zero-order valence-electron chi connectivity index (χ0n) is 8.23. The van der Waals surface area contributed by atoms with Crippen LogP contribution in [0.15, 0.2) is 0 Å². The minimum Gasteiger partial charge on any atom is -0.273 e. The lowest BCUT2D eigenvalue weighted by Gasteiger charge is -2.07. The predicted octanol–water partition coefficient (Wildman–Crippen LogP) is 1.86. The van der Waals surface area contributed by atoms with Gasteiger partial charge in [-0.1, -0.05) is 0 Å². The smallest absolute Gasteiger partial charge is 0.271 e. The van der Waals surface area contributed by atoms with Crippen molar-refractivity contribution in [3.05, 3.63) is 34.6 Å². The van der Waals surface area contributed by atoms with Gasteiger partial charge >= 0.3 is 0 Å². The summed E-state index contributed by atoms with van der Waals surface area (Å²) in [4.78, 5) is 0. The fraction of sp³-hybridized carbons (Fsp3) is 0.250. The van der Waals surface area contributed by atoms with E-state index in [0.29, 0.717) is 7.11 Å². The van der Waals surface area contributed by atoms with Crippen molar-refractivity contribution in [2.45, 2.75) is 5.75 Å². The van der Waals surface area contributed by atoms with Crippen molar-refractivity contribution in [1.82, 2.24) is 0 Å². The second kappa shape index (κ2) is 4.57. The predicted molar refractivity (Wildman–Crippen MR) is 45.9 cm³/mol. The van der Waals surface area contributed by atoms with Gasteiger partial charge in [-0.05, 0) is 0 Å². The quantitative estimate of drug-likeness (QED) is 0.366. The fourth-order valence-electron chi connectivity index (χ4n) is 1.01. The van der Waals surface area contributed by atoms with E-state index in [4.69, 9.17) is 0 Å². The first-order valence-electron chi connectivity index (χ1n) is 4.00. The van der Waals surface area contributed by atoms with Crippen LogP contribution >= 0.6 is 0 Å². The fourth-order valence-corrected chi connectivity index (χ4v) is 1.74. The van der Waals surface area contributed by atoms with Gasteiger partial charge in [-0.3, -0.25) is 4.18 Å². The standard InChI is InChI=1S/C8H5F5O3S/c1-16-17(14,15)2-3-4(9)6(11)8(13)7(12)5(3)10/h2H2,1H3. The number of hydrogen-bond acceptors (Lipinski definition) is 3. The molecule has 0 saturated heterocycles. The van der Waals surface area contributed by atoms with Gasteiger partial charge in [0.05, 0.1) is 7.11 Å². The molecule has 0 heterocycles. The maximum absolute atomic E-state index is 13.0. The Hall–Kier alpha value is -1.22. The zero-order valence-corrected chi connectivity index (χ0v) is 9.05. The van der Waals surface area contributed by atoms with E-state index in [0.717, 1.165) is 0 Å². The molecule has 0 bridgehead atoms. The molecular weight excluding hydrogens is 271 g/mol. The first-order valence-corrected chi connectivity index (χ1v) is 5.57. The van der Waals surface area contributed by atoms with E-state index in [9.17, 15) is 30.4 Å². The molecule has 1 rings (SSSR count). The normalized spacial score (nSPS) is 11.9. The van der Waals surface area contributed by atoms with Crippen molar-refractivity contribution in [1.29, 1.82) is 0 Å². The average molecular weight is 276 g/mol. The minimum atomic E-state index is -4.40. The van der Waals surface area contributed by atoms with E-state index < -0.39 is 50.5 Å². The van der Waals surface area contributed by atoms with E-state index >= 15 is 0 Å². The SMILES string of the molecule is COS(=O)(=O)Cc1c(F)c(F)c(F)c(F)c1F. The number of hydrogen-bond donors (Lipinski definition) is 0. The average Bonchev–Trinajstić information content (AvgIpc) is 2.30. The molecule has 0 fully saturated rings. The highest BCUT2D eigenvalue weighted by molar-refractivity contribution is 7.85. The van der Waals surface area contributed by atoms with Gasteiger partial charge in [0.25, 0.3) is 10.1 Å². The largest absolute Gasteiger partial charge is 0.273 e. The van der Waals surface area contributed by atoms with Gasteiger partial charge in [-0.15, -0.1) is 0 Å². The molecule has 0 amide bonds. The Bertz CT molecular complexity index is 526. The van der Waals surface area contributed by atoms with E-state index in [-0.39, 0.29) is 0 Å². The Morgan fingerprint density at radius 3 is 1.59 bits per heavy atom. The zero-order chi connectivity index (χ0) is 13.4. The monoisotopic (exact) mass is 276 g/mol. The first-order chi connectivity index (χ1) is 7.71. The highest BCUT2D eigenvalue weighted by Gasteiger charge is 2.28. The Kier molecular flexibility index (Phi) is 3.72. The summed E-state index contributed by atoms with van der Waals surface area (Å²) in [7, 11) is -3.70. The molecule has 0 radical (unpaired) electrons. The summed E-state index contributed by atoms with van der Waals surface area (Å²) in [5.41, 5.74) is -1.46. The maximum atomic E-state index is 13.0. The summed E-state index contributed by atoms with van der Waals surface area (Å²) in [6, 6.07) is 0. The summed E-state index contributed by atoms with van der Waals surface area (Å²) in [5.74, 6) is -12.6. The lowest BCUT2D eigenvalue weighted by molar-refractivity contribution is 0.367. The maximum Gasteiger partial charge on any atom is 0.271 e. The molecule has 0 atom stereocenters. The van der Waals surface area contributed by atoms with Crippen LogP contribution in [-0.4, -0.2) is 15.5 Å². The molecule has 0 N–H and O–H groups in total. The van der Waals surface area contributed by atoms with Gasteiger partial charge in [0.2, 0.25) is 5.82 Å². The van der Waals surface area contributed by atoms with Gasteiger partial charge in [-0.2, -0.15) is 8.42 Å². The van der Waals surface area contributed by atoms with Crippen LogP contribution in [0.25, 0.3) is 0 Å². The van der Waals surface area contributed by atoms with Crippen molar-refractivity contribution in [3.8, 4) is 0 Å². The molecule has 1 aromatic rings. The van der Waals surface area contributed by atoms with Crippen LogP contribution < -0.4 is 0 Å².